The highest BCUT2D eigenvalue weighted by molar-refractivity contribution is 14.0. The van der Waals surface area contributed by atoms with Gasteiger partial charge in [0.2, 0.25) is 0 Å². The molecule has 0 saturated heterocycles. The Morgan fingerprint density at radius 1 is 1.43 bits per heavy atom. The van der Waals surface area contributed by atoms with Gasteiger partial charge in [-0.2, -0.15) is 0 Å². The van der Waals surface area contributed by atoms with E-state index < -0.39 is 0 Å². The number of ether oxygens (including phenoxy) is 1. The number of nitrogens with one attached hydrogen (secondary N) is 2. The molecule has 7 nitrogen and oxygen atoms in total. The number of nitrogens with zero attached hydrogens (tertiary/aromatic N) is 4. The van der Waals surface area contributed by atoms with Crippen LogP contribution in [-0.2, 0) is 18.3 Å². The van der Waals surface area contributed by atoms with Gasteiger partial charge in [0.05, 0.1) is 0 Å². The Hall–Kier alpha value is -0.900. The lowest BCUT2D eigenvalue weighted by molar-refractivity contribution is 0.145. The monoisotopic (exact) mass is 436 g/mol. The Kier molecular flexibility index (Phi) is 8.82. The highest BCUT2D eigenvalue weighted by Gasteiger charge is 2.33. The maximum atomic E-state index is 5.35. The molecule has 0 aliphatic heterocycles. The maximum absolute atomic E-state index is 5.35. The van der Waals surface area contributed by atoms with Crippen LogP contribution in [0.2, 0.25) is 0 Å². The first-order valence-electron chi connectivity index (χ1n) is 8.09. The normalized spacial score (nSPS) is 20.1. The van der Waals surface area contributed by atoms with Crippen LogP contribution in [0.4, 0.5) is 0 Å². The number of hydrogen-bond acceptors (Lipinski definition) is 4. The van der Waals surface area contributed by atoms with Crippen molar-refractivity contribution < 1.29 is 4.74 Å². The predicted molar refractivity (Wildman–Crippen MR) is 102 cm³/mol. The Labute approximate surface area is 155 Å². The number of hydrogen-bond donors (Lipinski definition) is 2. The Morgan fingerprint density at radius 2 is 2.17 bits per heavy atom. The van der Waals surface area contributed by atoms with Crippen molar-refractivity contribution in [2.45, 2.75) is 46.2 Å². The molecule has 2 N–H and O–H groups in total. The van der Waals surface area contributed by atoms with Gasteiger partial charge in [-0.1, -0.05) is 6.92 Å². The molecule has 8 heteroatoms. The van der Waals surface area contributed by atoms with Crippen molar-refractivity contribution in [3.63, 3.8) is 0 Å². The Balaban J connectivity index is 0.00000264. The summed E-state index contributed by atoms with van der Waals surface area (Å²) in [5.74, 6) is 3.36. The van der Waals surface area contributed by atoms with Gasteiger partial charge < -0.3 is 19.9 Å². The van der Waals surface area contributed by atoms with Gasteiger partial charge in [0.25, 0.3) is 0 Å². The molecule has 23 heavy (non-hydrogen) atoms. The van der Waals surface area contributed by atoms with Crippen LogP contribution in [0.25, 0.3) is 0 Å². The van der Waals surface area contributed by atoms with Crippen LogP contribution in [0.5, 0.6) is 0 Å². The molecule has 1 aliphatic rings. The first kappa shape index (κ1) is 20.1. The van der Waals surface area contributed by atoms with Gasteiger partial charge >= 0.3 is 0 Å². The van der Waals surface area contributed by atoms with E-state index >= 15 is 0 Å². The fraction of sp³-hybridized carbons (Fsp3) is 0.800. The number of aliphatic imine (C=N–C) groups is 1. The van der Waals surface area contributed by atoms with E-state index in [4.69, 9.17) is 4.74 Å². The molecule has 0 bridgehead atoms. The van der Waals surface area contributed by atoms with Crippen LogP contribution < -0.4 is 10.6 Å². The molecule has 1 heterocycles. The van der Waals surface area contributed by atoms with E-state index in [2.05, 4.69) is 32.7 Å². The van der Waals surface area contributed by atoms with Crippen LogP contribution in [-0.4, -0.2) is 46.5 Å². The SMILES string of the molecule is CCOCCCNC(=NCc1nnc(C)n1C)NC1CC1C.I. The van der Waals surface area contributed by atoms with E-state index in [1.165, 1.54) is 6.42 Å². The van der Waals surface area contributed by atoms with Gasteiger partial charge in [-0.3, -0.25) is 0 Å². The minimum absolute atomic E-state index is 0. The lowest BCUT2D eigenvalue weighted by Crippen LogP contribution is -2.40. The molecule has 1 fully saturated rings. The van der Waals surface area contributed by atoms with Crippen molar-refractivity contribution in [1.29, 1.82) is 0 Å². The number of rotatable bonds is 8. The van der Waals surface area contributed by atoms with Gasteiger partial charge in [-0.25, -0.2) is 4.99 Å². The largest absolute Gasteiger partial charge is 0.382 e. The summed E-state index contributed by atoms with van der Waals surface area (Å²) in [4.78, 5) is 4.63. The highest BCUT2D eigenvalue weighted by Crippen LogP contribution is 2.28. The summed E-state index contributed by atoms with van der Waals surface area (Å²) in [6.07, 6.45) is 2.18. The molecule has 0 radical (unpaired) electrons. The van der Waals surface area contributed by atoms with E-state index in [1.54, 1.807) is 0 Å². The van der Waals surface area contributed by atoms with E-state index in [0.29, 0.717) is 12.6 Å². The molecule has 2 atom stereocenters. The third kappa shape index (κ3) is 6.62. The van der Waals surface area contributed by atoms with E-state index in [0.717, 1.165) is 49.7 Å². The molecule has 1 saturated carbocycles. The summed E-state index contributed by atoms with van der Waals surface area (Å²) in [5.41, 5.74) is 0. The second-order valence-corrected chi connectivity index (χ2v) is 5.83. The number of aryl methyl sites for hydroxylation is 1. The quantitative estimate of drug-likeness (QED) is 0.280. The molecule has 132 valence electrons. The van der Waals surface area contributed by atoms with Crippen LogP contribution in [0, 0.1) is 12.8 Å². The number of aromatic nitrogens is 3. The van der Waals surface area contributed by atoms with E-state index in [-0.39, 0.29) is 24.0 Å². The Bertz CT molecular complexity index is 504. The molecular weight excluding hydrogens is 407 g/mol. The molecule has 1 aromatic rings. The maximum Gasteiger partial charge on any atom is 0.191 e. The third-order valence-electron chi connectivity index (χ3n) is 3.95. The van der Waals surface area contributed by atoms with Crippen LogP contribution in [0.3, 0.4) is 0 Å². The standard InChI is InChI=1S/C15H28N6O.HI/c1-5-22-8-6-7-16-15(18-13-9-11(13)2)17-10-14-20-19-12(3)21(14)4;/h11,13H,5-10H2,1-4H3,(H2,16,17,18);1H. The van der Waals surface area contributed by atoms with Crippen LogP contribution in [0.1, 0.15) is 38.3 Å². The lowest BCUT2D eigenvalue weighted by atomic mass is 10.4. The van der Waals surface area contributed by atoms with E-state index in [9.17, 15) is 0 Å². The van der Waals surface area contributed by atoms with Gasteiger partial charge in [0.15, 0.2) is 11.8 Å². The Morgan fingerprint density at radius 3 is 2.74 bits per heavy atom. The van der Waals surface area contributed by atoms with Crippen LogP contribution in [0.15, 0.2) is 4.99 Å². The van der Waals surface area contributed by atoms with Crippen LogP contribution >= 0.6 is 24.0 Å². The zero-order valence-corrected chi connectivity index (χ0v) is 16.8. The van der Waals surface area contributed by atoms with Gasteiger partial charge in [0, 0.05) is 32.8 Å². The molecule has 1 aromatic heterocycles. The van der Waals surface area contributed by atoms with Crippen molar-refractivity contribution in [2.24, 2.45) is 18.0 Å². The zero-order chi connectivity index (χ0) is 15.9. The molecule has 1 aliphatic carbocycles. The predicted octanol–water partition coefficient (Wildman–Crippen LogP) is 1.61. The first-order chi connectivity index (χ1) is 10.6. The molecule has 0 aromatic carbocycles. The fourth-order valence-electron chi connectivity index (χ4n) is 2.12. The minimum Gasteiger partial charge on any atom is -0.382 e. The second kappa shape index (κ2) is 10.1. The molecule has 2 unspecified atom stereocenters. The average Bonchev–Trinajstić information content (AvgIpc) is 3.10. The summed E-state index contributed by atoms with van der Waals surface area (Å²) in [6.45, 7) is 9.13. The van der Waals surface area contributed by atoms with Crippen molar-refractivity contribution in [2.75, 3.05) is 19.8 Å². The smallest absolute Gasteiger partial charge is 0.191 e. The number of guanidine groups is 1. The van der Waals surface area contributed by atoms with Crippen molar-refractivity contribution >= 4 is 29.9 Å². The highest BCUT2D eigenvalue weighted by atomic mass is 127. The number of halogens is 1. The summed E-state index contributed by atoms with van der Waals surface area (Å²) >= 11 is 0. The molecule has 0 amide bonds. The summed E-state index contributed by atoms with van der Waals surface area (Å²) in [6, 6.07) is 0.541. The average molecular weight is 436 g/mol. The van der Waals surface area contributed by atoms with Gasteiger partial charge in [0.1, 0.15) is 12.4 Å². The molecular formula is C15H29IN6O. The fourth-order valence-corrected chi connectivity index (χ4v) is 2.12. The zero-order valence-electron chi connectivity index (χ0n) is 14.5. The van der Waals surface area contributed by atoms with Crippen molar-refractivity contribution in [3.8, 4) is 0 Å². The third-order valence-corrected chi connectivity index (χ3v) is 3.95. The van der Waals surface area contributed by atoms with Gasteiger partial charge in [-0.15, -0.1) is 34.2 Å². The summed E-state index contributed by atoms with van der Waals surface area (Å²) in [5, 5.41) is 15.0. The summed E-state index contributed by atoms with van der Waals surface area (Å²) < 4.78 is 7.32. The first-order valence-corrected chi connectivity index (χ1v) is 8.09. The summed E-state index contributed by atoms with van der Waals surface area (Å²) in [7, 11) is 1.96. The molecule has 0 spiro atoms. The topological polar surface area (TPSA) is 76.4 Å². The van der Waals surface area contributed by atoms with E-state index in [1.807, 2.05) is 25.5 Å². The van der Waals surface area contributed by atoms with Crippen molar-refractivity contribution in [3.05, 3.63) is 11.6 Å². The van der Waals surface area contributed by atoms with Gasteiger partial charge in [-0.05, 0) is 32.6 Å². The second-order valence-electron chi connectivity index (χ2n) is 5.83. The minimum atomic E-state index is 0. The lowest BCUT2D eigenvalue weighted by Gasteiger charge is -2.12. The molecule has 2 rings (SSSR count). The van der Waals surface area contributed by atoms with Crippen molar-refractivity contribution in [1.82, 2.24) is 25.4 Å².